The largest absolute Gasteiger partial charge is 0.416 e. The normalized spacial score (nSPS) is 15.4. The van der Waals surface area contributed by atoms with E-state index in [2.05, 4.69) is 50.1 Å². The lowest BCUT2D eigenvalue weighted by molar-refractivity contribution is -0.137. The van der Waals surface area contributed by atoms with Crippen molar-refractivity contribution >= 4 is 16.6 Å². The number of aryl methyl sites for hydroxylation is 1. The van der Waals surface area contributed by atoms with Gasteiger partial charge in [-0.1, -0.05) is 12.1 Å². The van der Waals surface area contributed by atoms with E-state index in [4.69, 9.17) is 0 Å². The van der Waals surface area contributed by atoms with Gasteiger partial charge in [0.1, 0.15) is 12.7 Å². The van der Waals surface area contributed by atoms with Gasteiger partial charge in [-0.3, -0.25) is 9.47 Å². The first-order valence-corrected chi connectivity index (χ1v) is 11.1. The summed E-state index contributed by atoms with van der Waals surface area (Å²) in [6, 6.07) is 14.1. The van der Waals surface area contributed by atoms with Crippen molar-refractivity contribution in [3.05, 3.63) is 72.9 Å². The van der Waals surface area contributed by atoms with Crippen LogP contribution in [0, 0.1) is 0 Å². The third-order valence-corrected chi connectivity index (χ3v) is 6.26. The zero-order valence-electron chi connectivity index (χ0n) is 18.1. The quantitative estimate of drug-likeness (QED) is 0.432. The molecule has 1 aliphatic rings. The molecule has 0 amide bonds. The van der Waals surface area contributed by atoms with Gasteiger partial charge in [-0.2, -0.15) is 13.2 Å². The third-order valence-electron chi connectivity index (χ3n) is 6.26. The highest BCUT2D eigenvalue weighted by molar-refractivity contribution is 5.82. The molecule has 2 aromatic carbocycles. The molecule has 33 heavy (non-hydrogen) atoms. The molecule has 172 valence electrons. The first-order chi connectivity index (χ1) is 16.0. The van der Waals surface area contributed by atoms with E-state index in [0.717, 1.165) is 57.4 Å². The van der Waals surface area contributed by atoms with E-state index in [9.17, 15) is 13.2 Å². The Morgan fingerprint density at radius 3 is 2.36 bits per heavy atom. The Morgan fingerprint density at radius 1 is 0.818 bits per heavy atom. The number of piperazine rings is 1. The van der Waals surface area contributed by atoms with E-state index >= 15 is 0 Å². The molecule has 4 aromatic rings. The molecule has 0 N–H and O–H groups in total. The lowest BCUT2D eigenvalue weighted by Gasteiger charge is -2.36. The minimum absolute atomic E-state index is 0.589. The van der Waals surface area contributed by atoms with Crippen molar-refractivity contribution in [2.45, 2.75) is 19.1 Å². The smallest absolute Gasteiger partial charge is 0.369 e. The number of aromatic nitrogens is 4. The molecule has 0 saturated carbocycles. The van der Waals surface area contributed by atoms with Crippen LogP contribution in [0.15, 0.2) is 67.4 Å². The van der Waals surface area contributed by atoms with E-state index in [1.165, 1.54) is 23.0 Å². The summed E-state index contributed by atoms with van der Waals surface area (Å²) in [5.74, 6) is 0. The summed E-state index contributed by atoms with van der Waals surface area (Å²) in [5, 5.41) is 8.95. The molecule has 9 heteroatoms. The van der Waals surface area contributed by atoms with Gasteiger partial charge in [-0.05, 0) is 54.8 Å². The summed E-state index contributed by atoms with van der Waals surface area (Å²) in [6.45, 7) is 5.03. The number of rotatable bonds is 6. The van der Waals surface area contributed by atoms with Crippen molar-refractivity contribution in [3.8, 4) is 5.69 Å². The predicted octanol–water partition coefficient (Wildman–Crippen LogP) is 4.45. The van der Waals surface area contributed by atoms with Crippen molar-refractivity contribution in [2.75, 3.05) is 37.6 Å². The van der Waals surface area contributed by atoms with Crippen molar-refractivity contribution in [2.24, 2.45) is 0 Å². The number of fused-ring (bicyclic) bond motifs is 1. The first kappa shape index (κ1) is 21.5. The molecule has 0 atom stereocenters. The maximum atomic E-state index is 13.0. The standard InChI is InChI=1S/C24H25F3N6/c25-24(26,27)20-3-1-4-21(15-20)31-13-11-30(12-14-31)8-2-9-32-10-7-19-5-6-22(16-23(19)32)33-17-28-29-18-33/h1,3-7,10,15-18H,2,8-9,11-14H2. The highest BCUT2D eigenvalue weighted by atomic mass is 19.4. The molecule has 5 rings (SSSR count). The lowest BCUT2D eigenvalue weighted by Crippen LogP contribution is -2.46. The second kappa shape index (κ2) is 8.90. The highest BCUT2D eigenvalue weighted by Crippen LogP contribution is 2.32. The van der Waals surface area contributed by atoms with Crippen LogP contribution in [0.1, 0.15) is 12.0 Å². The second-order valence-electron chi connectivity index (χ2n) is 8.35. The molecule has 0 radical (unpaired) electrons. The number of anilines is 1. The molecule has 3 heterocycles. The number of halogens is 3. The molecule has 0 unspecified atom stereocenters. The Kier molecular flexibility index (Phi) is 5.80. The van der Waals surface area contributed by atoms with Gasteiger partial charge in [-0.15, -0.1) is 10.2 Å². The Morgan fingerprint density at radius 2 is 1.61 bits per heavy atom. The minimum Gasteiger partial charge on any atom is -0.369 e. The summed E-state index contributed by atoms with van der Waals surface area (Å²) >= 11 is 0. The molecule has 1 fully saturated rings. The Bertz CT molecular complexity index is 1210. The van der Waals surface area contributed by atoms with E-state index in [-0.39, 0.29) is 0 Å². The summed E-state index contributed by atoms with van der Waals surface area (Å²) in [7, 11) is 0. The number of hydrogen-bond acceptors (Lipinski definition) is 4. The number of nitrogens with zero attached hydrogens (tertiary/aromatic N) is 6. The van der Waals surface area contributed by atoms with Gasteiger partial charge in [0.15, 0.2) is 0 Å². The van der Waals surface area contributed by atoms with E-state index < -0.39 is 11.7 Å². The van der Waals surface area contributed by atoms with Crippen LogP contribution in [0.4, 0.5) is 18.9 Å². The SMILES string of the molecule is FC(F)(F)c1cccc(N2CCN(CCCn3ccc4ccc(-n5cnnc5)cc43)CC2)c1. The highest BCUT2D eigenvalue weighted by Gasteiger charge is 2.31. The van der Waals surface area contributed by atoms with Gasteiger partial charge >= 0.3 is 6.18 Å². The van der Waals surface area contributed by atoms with Crippen LogP contribution >= 0.6 is 0 Å². The molecule has 0 bridgehead atoms. The summed E-state index contributed by atoms with van der Waals surface area (Å²) in [5.41, 5.74) is 2.26. The van der Waals surface area contributed by atoms with Crippen LogP contribution in [-0.2, 0) is 12.7 Å². The molecular weight excluding hydrogens is 429 g/mol. The predicted molar refractivity (Wildman–Crippen MR) is 122 cm³/mol. The molecule has 0 aliphatic carbocycles. The van der Waals surface area contributed by atoms with Crippen molar-refractivity contribution in [3.63, 3.8) is 0 Å². The Labute approximate surface area is 189 Å². The zero-order chi connectivity index (χ0) is 22.8. The summed E-state index contributed by atoms with van der Waals surface area (Å²) in [6.07, 6.45) is 2.19. The second-order valence-corrected chi connectivity index (χ2v) is 8.35. The zero-order valence-corrected chi connectivity index (χ0v) is 18.1. The molecule has 6 nitrogen and oxygen atoms in total. The number of hydrogen-bond donors (Lipinski definition) is 0. The summed E-state index contributed by atoms with van der Waals surface area (Å²) in [4.78, 5) is 4.43. The van der Waals surface area contributed by atoms with Crippen LogP contribution in [0.25, 0.3) is 16.6 Å². The van der Waals surface area contributed by atoms with Crippen LogP contribution in [0.3, 0.4) is 0 Å². The Hall–Kier alpha value is -3.33. The van der Waals surface area contributed by atoms with Gasteiger partial charge < -0.3 is 9.47 Å². The third kappa shape index (κ3) is 4.73. The van der Waals surface area contributed by atoms with Crippen LogP contribution in [0.5, 0.6) is 0 Å². The number of alkyl halides is 3. The first-order valence-electron chi connectivity index (χ1n) is 11.1. The fraction of sp³-hybridized carbons (Fsp3) is 0.333. The maximum absolute atomic E-state index is 13.0. The fourth-order valence-electron chi connectivity index (χ4n) is 4.44. The van der Waals surface area contributed by atoms with Gasteiger partial charge in [0.05, 0.1) is 16.8 Å². The van der Waals surface area contributed by atoms with Crippen LogP contribution in [-0.4, -0.2) is 57.0 Å². The van der Waals surface area contributed by atoms with E-state index in [1.54, 1.807) is 18.7 Å². The van der Waals surface area contributed by atoms with Gasteiger partial charge in [-0.25, -0.2) is 0 Å². The monoisotopic (exact) mass is 454 g/mol. The molecule has 1 saturated heterocycles. The molecule has 1 aliphatic heterocycles. The van der Waals surface area contributed by atoms with Crippen molar-refractivity contribution in [1.82, 2.24) is 24.2 Å². The average Bonchev–Trinajstić information content (AvgIpc) is 3.49. The van der Waals surface area contributed by atoms with Crippen LogP contribution in [0.2, 0.25) is 0 Å². The van der Waals surface area contributed by atoms with E-state index in [1.807, 2.05) is 9.47 Å². The number of benzene rings is 2. The fourth-order valence-corrected chi connectivity index (χ4v) is 4.44. The Balaban J connectivity index is 1.15. The lowest BCUT2D eigenvalue weighted by atomic mass is 10.1. The van der Waals surface area contributed by atoms with Gasteiger partial charge in [0.25, 0.3) is 0 Å². The molecule has 2 aromatic heterocycles. The average molecular weight is 455 g/mol. The van der Waals surface area contributed by atoms with Crippen LogP contribution < -0.4 is 4.90 Å². The van der Waals surface area contributed by atoms with E-state index in [0.29, 0.717) is 5.69 Å². The summed E-state index contributed by atoms with van der Waals surface area (Å²) < 4.78 is 43.2. The van der Waals surface area contributed by atoms with Crippen molar-refractivity contribution < 1.29 is 13.2 Å². The van der Waals surface area contributed by atoms with Gasteiger partial charge in [0, 0.05) is 44.6 Å². The minimum atomic E-state index is -4.31. The topological polar surface area (TPSA) is 42.1 Å². The molecule has 0 spiro atoms. The molecular formula is C24H25F3N6. The van der Waals surface area contributed by atoms with Gasteiger partial charge in [0.2, 0.25) is 0 Å². The van der Waals surface area contributed by atoms with Crippen molar-refractivity contribution in [1.29, 1.82) is 0 Å². The maximum Gasteiger partial charge on any atom is 0.416 e.